The van der Waals surface area contributed by atoms with E-state index in [1.807, 2.05) is 0 Å². The third-order valence-corrected chi connectivity index (χ3v) is 2.84. The number of aromatic hydroxyl groups is 1. The Bertz CT molecular complexity index is 490. The van der Waals surface area contributed by atoms with Crippen molar-refractivity contribution < 1.29 is 19.1 Å². The minimum Gasteiger partial charge on any atom is -0.508 e. The molecule has 0 saturated heterocycles. The zero-order valence-corrected chi connectivity index (χ0v) is 10.2. The van der Waals surface area contributed by atoms with Gasteiger partial charge in [0.2, 0.25) is 5.91 Å². The second-order valence-electron chi connectivity index (χ2n) is 4.17. The van der Waals surface area contributed by atoms with Crippen LogP contribution in [0.25, 0.3) is 0 Å². The van der Waals surface area contributed by atoms with Gasteiger partial charge in [-0.05, 0) is 25.5 Å². The minimum absolute atomic E-state index is 0.256. The molecule has 0 aromatic heterocycles. The van der Waals surface area contributed by atoms with E-state index < -0.39 is 23.2 Å². The lowest BCUT2D eigenvalue weighted by Gasteiger charge is -2.25. The number of halogens is 1. The van der Waals surface area contributed by atoms with Crippen molar-refractivity contribution >= 4 is 11.8 Å². The van der Waals surface area contributed by atoms with E-state index in [2.05, 4.69) is 5.32 Å². The topological polar surface area (TPSA) is 92.4 Å². The van der Waals surface area contributed by atoms with Crippen LogP contribution in [0, 0.1) is 5.82 Å². The highest BCUT2D eigenvalue weighted by Crippen LogP contribution is 2.16. The van der Waals surface area contributed by atoms with Crippen LogP contribution in [0.3, 0.4) is 0 Å². The Kier molecular flexibility index (Phi) is 3.90. The van der Waals surface area contributed by atoms with E-state index in [0.717, 1.165) is 12.1 Å². The van der Waals surface area contributed by atoms with E-state index in [9.17, 15) is 14.0 Å². The van der Waals surface area contributed by atoms with Crippen molar-refractivity contribution in [1.82, 2.24) is 5.32 Å². The number of hydrogen-bond donors (Lipinski definition) is 3. The molecule has 0 aliphatic rings. The van der Waals surface area contributed by atoms with Gasteiger partial charge >= 0.3 is 0 Å². The number of hydrogen-bond acceptors (Lipinski definition) is 3. The molecule has 1 atom stereocenters. The van der Waals surface area contributed by atoms with Gasteiger partial charge in [-0.25, -0.2) is 4.39 Å². The Morgan fingerprint density at radius 2 is 2.11 bits per heavy atom. The molecule has 0 aliphatic heterocycles. The molecule has 4 N–H and O–H groups in total. The van der Waals surface area contributed by atoms with E-state index in [1.54, 1.807) is 6.92 Å². The third kappa shape index (κ3) is 2.77. The monoisotopic (exact) mass is 254 g/mol. The third-order valence-electron chi connectivity index (χ3n) is 2.84. The SMILES string of the molecule is CCC(C)(NC(=O)c1ccc(O)cc1F)C(N)=O. The number of primary amides is 1. The van der Waals surface area contributed by atoms with E-state index in [4.69, 9.17) is 10.8 Å². The Morgan fingerprint density at radius 1 is 1.50 bits per heavy atom. The van der Waals surface area contributed by atoms with Crippen molar-refractivity contribution in [2.24, 2.45) is 5.73 Å². The summed E-state index contributed by atoms with van der Waals surface area (Å²) in [5.41, 5.74) is 3.69. The molecule has 2 amide bonds. The van der Waals surface area contributed by atoms with Crippen molar-refractivity contribution in [1.29, 1.82) is 0 Å². The second kappa shape index (κ2) is 5.03. The van der Waals surface area contributed by atoms with Crippen molar-refractivity contribution in [3.05, 3.63) is 29.6 Å². The molecule has 1 aromatic rings. The Hall–Kier alpha value is -2.11. The first-order valence-corrected chi connectivity index (χ1v) is 5.41. The zero-order chi connectivity index (χ0) is 13.9. The molecule has 0 saturated carbocycles. The van der Waals surface area contributed by atoms with Crippen LogP contribution < -0.4 is 11.1 Å². The molecule has 0 radical (unpaired) electrons. The fourth-order valence-corrected chi connectivity index (χ4v) is 1.33. The highest BCUT2D eigenvalue weighted by molar-refractivity contribution is 5.99. The van der Waals surface area contributed by atoms with Crippen LogP contribution in [0.5, 0.6) is 5.75 Å². The summed E-state index contributed by atoms with van der Waals surface area (Å²) in [5.74, 6) is -2.60. The van der Waals surface area contributed by atoms with Crippen LogP contribution in [0.15, 0.2) is 18.2 Å². The fourth-order valence-electron chi connectivity index (χ4n) is 1.33. The molecule has 1 unspecified atom stereocenters. The molecule has 18 heavy (non-hydrogen) atoms. The summed E-state index contributed by atoms with van der Waals surface area (Å²) < 4.78 is 13.4. The van der Waals surface area contributed by atoms with Crippen LogP contribution in [-0.2, 0) is 4.79 Å². The van der Waals surface area contributed by atoms with Gasteiger partial charge in [0.25, 0.3) is 5.91 Å². The van der Waals surface area contributed by atoms with Gasteiger partial charge in [0.1, 0.15) is 17.1 Å². The molecular formula is C12H15FN2O3. The standard InChI is InChI=1S/C12H15FN2O3/c1-3-12(2,11(14)18)15-10(17)8-5-4-7(16)6-9(8)13/h4-6,16H,3H2,1-2H3,(H2,14,18)(H,15,17). The van der Waals surface area contributed by atoms with Gasteiger partial charge in [0, 0.05) is 6.07 Å². The van der Waals surface area contributed by atoms with Gasteiger partial charge in [-0.15, -0.1) is 0 Å². The Labute approximate surface area is 104 Å². The van der Waals surface area contributed by atoms with Crippen molar-refractivity contribution in [2.45, 2.75) is 25.8 Å². The van der Waals surface area contributed by atoms with Crippen molar-refractivity contribution in [2.75, 3.05) is 0 Å². The quantitative estimate of drug-likeness (QED) is 0.745. The summed E-state index contributed by atoms with van der Waals surface area (Å²) in [5, 5.41) is 11.4. The summed E-state index contributed by atoms with van der Waals surface area (Å²) >= 11 is 0. The highest BCUT2D eigenvalue weighted by Gasteiger charge is 2.31. The first-order valence-electron chi connectivity index (χ1n) is 5.41. The van der Waals surface area contributed by atoms with E-state index in [-0.39, 0.29) is 17.7 Å². The largest absolute Gasteiger partial charge is 0.508 e. The number of nitrogens with one attached hydrogen (secondary N) is 1. The molecule has 0 aliphatic carbocycles. The average Bonchev–Trinajstić information content (AvgIpc) is 2.28. The number of phenolic OH excluding ortho intramolecular Hbond substituents is 1. The first kappa shape index (κ1) is 14.0. The molecule has 0 heterocycles. The molecule has 5 nitrogen and oxygen atoms in total. The molecule has 0 fully saturated rings. The highest BCUT2D eigenvalue weighted by atomic mass is 19.1. The van der Waals surface area contributed by atoms with Gasteiger partial charge in [-0.2, -0.15) is 0 Å². The lowest BCUT2D eigenvalue weighted by atomic mass is 9.97. The van der Waals surface area contributed by atoms with Gasteiger partial charge < -0.3 is 16.2 Å². The average molecular weight is 254 g/mol. The van der Waals surface area contributed by atoms with Crippen LogP contribution in [0.4, 0.5) is 4.39 Å². The van der Waals surface area contributed by atoms with Gasteiger partial charge in [-0.1, -0.05) is 6.92 Å². The maximum absolute atomic E-state index is 13.4. The molecule has 1 rings (SSSR count). The molecular weight excluding hydrogens is 239 g/mol. The Morgan fingerprint density at radius 3 is 2.56 bits per heavy atom. The number of benzene rings is 1. The van der Waals surface area contributed by atoms with E-state index in [0.29, 0.717) is 0 Å². The lowest BCUT2D eigenvalue weighted by molar-refractivity contribution is -0.123. The van der Waals surface area contributed by atoms with E-state index in [1.165, 1.54) is 13.0 Å². The van der Waals surface area contributed by atoms with Crippen LogP contribution in [0.1, 0.15) is 30.6 Å². The molecule has 0 spiro atoms. The smallest absolute Gasteiger partial charge is 0.255 e. The lowest BCUT2D eigenvalue weighted by Crippen LogP contribution is -2.55. The number of carbonyl (C=O) groups is 2. The predicted molar refractivity (Wildman–Crippen MR) is 63.4 cm³/mol. The predicted octanol–water partition coefficient (Wildman–Crippen LogP) is 0.915. The maximum Gasteiger partial charge on any atom is 0.255 e. The minimum atomic E-state index is -1.23. The van der Waals surface area contributed by atoms with Crippen LogP contribution in [0.2, 0.25) is 0 Å². The summed E-state index contributed by atoms with van der Waals surface area (Å²) in [6, 6.07) is 3.14. The molecule has 0 bridgehead atoms. The molecule has 98 valence electrons. The number of rotatable bonds is 4. The number of amides is 2. The number of phenols is 1. The van der Waals surface area contributed by atoms with Crippen molar-refractivity contribution in [3.63, 3.8) is 0 Å². The Balaban J connectivity index is 2.98. The maximum atomic E-state index is 13.4. The van der Waals surface area contributed by atoms with E-state index >= 15 is 0 Å². The molecule has 6 heteroatoms. The zero-order valence-electron chi connectivity index (χ0n) is 10.2. The summed E-state index contributed by atoms with van der Waals surface area (Å²) in [4.78, 5) is 23.0. The van der Waals surface area contributed by atoms with Crippen LogP contribution in [-0.4, -0.2) is 22.5 Å². The summed E-state index contributed by atoms with van der Waals surface area (Å²) in [6.45, 7) is 3.14. The number of nitrogens with two attached hydrogens (primary N) is 1. The van der Waals surface area contributed by atoms with Crippen molar-refractivity contribution in [3.8, 4) is 5.75 Å². The second-order valence-corrected chi connectivity index (χ2v) is 4.17. The molecule has 1 aromatic carbocycles. The summed E-state index contributed by atoms with van der Waals surface area (Å²) in [7, 11) is 0. The normalized spacial score (nSPS) is 13.7. The number of carbonyl (C=O) groups excluding carboxylic acids is 2. The summed E-state index contributed by atoms with van der Waals surface area (Å²) in [6.07, 6.45) is 0.285. The van der Waals surface area contributed by atoms with Crippen LogP contribution >= 0.6 is 0 Å². The van der Waals surface area contributed by atoms with Gasteiger partial charge in [0.05, 0.1) is 5.56 Å². The van der Waals surface area contributed by atoms with Gasteiger partial charge in [-0.3, -0.25) is 9.59 Å². The fraction of sp³-hybridized carbons (Fsp3) is 0.333. The first-order chi connectivity index (χ1) is 8.30. The van der Waals surface area contributed by atoms with Gasteiger partial charge in [0.15, 0.2) is 0 Å².